The zero-order chi connectivity index (χ0) is 23.9. The summed E-state index contributed by atoms with van der Waals surface area (Å²) in [6, 6.07) is 28.7. The van der Waals surface area contributed by atoms with E-state index in [1.807, 2.05) is 86.6 Å². The minimum atomic E-state index is -0.549. The van der Waals surface area contributed by atoms with Crippen molar-refractivity contribution >= 4 is 11.8 Å². The van der Waals surface area contributed by atoms with Gasteiger partial charge >= 0.3 is 0 Å². The second kappa shape index (κ2) is 10.5. The molecule has 2 aromatic carbocycles. The number of aryl methyl sites for hydroxylation is 2. The molecular formula is C28H26N4O2. The Morgan fingerprint density at radius 3 is 1.29 bits per heavy atom. The van der Waals surface area contributed by atoms with Gasteiger partial charge in [-0.25, -0.2) is 9.97 Å². The fraction of sp³-hybridized carbons (Fsp3) is 0.143. The van der Waals surface area contributed by atoms with Crippen molar-refractivity contribution in [2.24, 2.45) is 0 Å². The summed E-state index contributed by atoms with van der Waals surface area (Å²) in [7, 11) is 0. The highest BCUT2D eigenvalue weighted by atomic mass is 16.2. The molecule has 0 saturated carbocycles. The van der Waals surface area contributed by atoms with E-state index in [4.69, 9.17) is 0 Å². The smallest absolute Gasteiger partial charge is 0.270 e. The van der Waals surface area contributed by atoms with Crippen LogP contribution in [0.15, 0.2) is 97.1 Å². The number of pyridine rings is 2. The Kier molecular flexibility index (Phi) is 7.08. The summed E-state index contributed by atoms with van der Waals surface area (Å²) in [4.78, 5) is 35.2. The van der Waals surface area contributed by atoms with Crippen molar-refractivity contribution in [1.82, 2.24) is 20.6 Å². The maximum Gasteiger partial charge on any atom is 0.270 e. The summed E-state index contributed by atoms with van der Waals surface area (Å²) >= 11 is 0. The quantitative estimate of drug-likeness (QED) is 0.426. The highest BCUT2D eigenvalue weighted by Crippen LogP contribution is 2.30. The average Bonchev–Trinajstić information content (AvgIpc) is 2.87. The first-order chi connectivity index (χ1) is 16.5. The molecule has 0 spiro atoms. The van der Waals surface area contributed by atoms with Crippen molar-refractivity contribution in [1.29, 1.82) is 0 Å². The van der Waals surface area contributed by atoms with E-state index in [0.29, 0.717) is 11.4 Å². The number of benzene rings is 2. The van der Waals surface area contributed by atoms with Crippen LogP contribution in [0, 0.1) is 13.8 Å². The van der Waals surface area contributed by atoms with Crippen LogP contribution in [0.3, 0.4) is 0 Å². The largest absolute Gasteiger partial charge is 0.341 e. The fourth-order valence-electron chi connectivity index (χ4n) is 3.81. The molecule has 0 unspecified atom stereocenters. The molecule has 34 heavy (non-hydrogen) atoms. The summed E-state index contributed by atoms with van der Waals surface area (Å²) < 4.78 is 0. The summed E-state index contributed by atoms with van der Waals surface area (Å²) in [6.45, 7) is 3.68. The van der Waals surface area contributed by atoms with Crippen LogP contribution >= 0.6 is 0 Å². The molecule has 4 aromatic rings. The van der Waals surface area contributed by atoms with Gasteiger partial charge in [0, 0.05) is 11.4 Å². The van der Waals surface area contributed by atoms with Crippen molar-refractivity contribution < 1.29 is 9.59 Å². The van der Waals surface area contributed by atoms with Crippen LogP contribution in [0.4, 0.5) is 0 Å². The molecule has 0 radical (unpaired) electrons. The predicted molar refractivity (Wildman–Crippen MR) is 131 cm³/mol. The number of aromatic nitrogens is 2. The van der Waals surface area contributed by atoms with Gasteiger partial charge in [-0.2, -0.15) is 0 Å². The first kappa shape index (κ1) is 22.9. The SMILES string of the molecule is Cc1cccc(C(=O)N[C@@H](c2ccccc2)[C@@H](NC(=O)c2cccc(C)n2)c2ccccc2)n1. The Morgan fingerprint density at radius 2 is 0.941 bits per heavy atom. The van der Waals surface area contributed by atoms with E-state index in [0.717, 1.165) is 22.5 Å². The molecule has 0 bridgehead atoms. The zero-order valence-corrected chi connectivity index (χ0v) is 19.1. The lowest BCUT2D eigenvalue weighted by Gasteiger charge is -2.30. The zero-order valence-electron chi connectivity index (χ0n) is 19.1. The molecule has 2 heterocycles. The molecule has 0 aliphatic carbocycles. The van der Waals surface area contributed by atoms with E-state index in [2.05, 4.69) is 20.6 Å². The van der Waals surface area contributed by atoms with Crippen molar-refractivity contribution in [2.75, 3.05) is 0 Å². The molecule has 6 nitrogen and oxygen atoms in total. The average molecular weight is 451 g/mol. The number of carbonyl (C=O) groups excluding carboxylic acids is 2. The Morgan fingerprint density at radius 1 is 0.559 bits per heavy atom. The van der Waals surface area contributed by atoms with Gasteiger partial charge in [-0.1, -0.05) is 72.8 Å². The third-order valence-corrected chi connectivity index (χ3v) is 5.47. The number of amides is 2. The number of nitrogens with zero attached hydrogens (tertiary/aromatic N) is 2. The lowest BCUT2D eigenvalue weighted by atomic mass is 9.92. The molecule has 4 rings (SSSR count). The summed E-state index contributed by atoms with van der Waals surface area (Å²) in [6.07, 6.45) is 0. The van der Waals surface area contributed by atoms with Crippen molar-refractivity contribution in [2.45, 2.75) is 25.9 Å². The van der Waals surface area contributed by atoms with Gasteiger partial charge in [0.2, 0.25) is 0 Å². The van der Waals surface area contributed by atoms with Crippen LogP contribution in [-0.4, -0.2) is 21.8 Å². The monoisotopic (exact) mass is 450 g/mol. The van der Waals surface area contributed by atoms with E-state index in [-0.39, 0.29) is 11.8 Å². The standard InChI is InChI=1S/C28H26N4O2/c1-19-11-9-17-23(29-19)27(33)31-25(21-13-5-3-6-14-21)26(22-15-7-4-8-16-22)32-28(34)24-18-10-12-20(2)30-24/h3-18,25-26H,1-2H3,(H,31,33)(H,32,34)/t25-,26-/m0/s1. The Balaban J connectivity index is 1.73. The van der Waals surface area contributed by atoms with Gasteiger partial charge in [-0.3, -0.25) is 9.59 Å². The van der Waals surface area contributed by atoms with Crippen molar-refractivity contribution in [3.8, 4) is 0 Å². The lowest BCUT2D eigenvalue weighted by molar-refractivity contribution is 0.0876. The van der Waals surface area contributed by atoms with Gasteiger partial charge in [0.15, 0.2) is 0 Å². The summed E-state index contributed by atoms with van der Waals surface area (Å²) in [5.74, 6) is -0.636. The van der Waals surface area contributed by atoms with E-state index < -0.39 is 12.1 Å². The van der Waals surface area contributed by atoms with Crippen LogP contribution in [0.2, 0.25) is 0 Å². The van der Waals surface area contributed by atoms with Crippen LogP contribution < -0.4 is 10.6 Å². The minimum absolute atomic E-state index is 0.318. The van der Waals surface area contributed by atoms with Gasteiger partial charge in [0.1, 0.15) is 11.4 Å². The van der Waals surface area contributed by atoms with Gasteiger partial charge in [-0.15, -0.1) is 0 Å². The molecule has 2 aromatic heterocycles. The third kappa shape index (κ3) is 5.53. The second-order valence-corrected chi connectivity index (χ2v) is 8.05. The summed E-state index contributed by atoms with van der Waals surface area (Å²) in [5.41, 5.74) is 3.85. The fourth-order valence-corrected chi connectivity index (χ4v) is 3.81. The second-order valence-electron chi connectivity index (χ2n) is 8.05. The molecule has 2 N–H and O–H groups in total. The lowest BCUT2D eigenvalue weighted by Crippen LogP contribution is -2.41. The predicted octanol–water partition coefficient (Wildman–Crippen LogP) is 4.74. The molecule has 0 aliphatic heterocycles. The van der Waals surface area contributed by atoms with Crippen LogP contribution in [-0.2, 0) is 0 Å². The first-order valence-electron chi connectivity index (χ1n) is 11.1. The van der Waals surface area contributed by atoms with Crippen LogP contribution in [0.25, 0.3) is 0 Å². The van der Waals surface area contributed by atoms with Gasteiger partial charge in [-0.05, 0) is 49.2 Å². The third-order valence-electron chi connectivity index (χ3n) is 5.47. The number of hydrogen-bond donors (Lipinski definition) is 2. The molecule has 0 aliphatic rings. The Labute approximate surface area is 199 Å². The molecule has 170 valence electrons. The molecule has 2 amide bonds. The van der Waals surface area contributed by atoms with E-state index in [1.165, 1.54) is 0 Å². The van der Waals surface area contributed by atoms with Crippen molar-refractivity contribution in [3.05, 3.63) is 131 Å². The molecular weight excluding hydrogens is 424 g/mol. The minimum Gasteiger partial charge on any atom is -0.341 e. The van der Waals surface area contributed by atoms with Gasteiger partial charge in [0.05, 0.1) is 12.1 Å². The normalized spacial score (nSPS) is 12.4. The van der Waals surface area contributed by atoms with E-state index >= 15 is 0 Å². The number of carbonyl (C=O) groups is 2. The van der Waals surface area contributed by atoms with E-state index in [9.17, 15) is 9.59 Å². The highest BCUT2D eigenvalue weighted by Gasteiger charge is 2.29. The highest BCUT2D eigenvalue weighted by molar-refractivity contribution is 5.94. The van der Waals surface area contributed by atoms with Crippen LogP contribution in [0.1, 0.15) is 55.6 Å². The Bertz CT molecular complexity index is 1170. The van der Waals surface area contributed by atoms with Crippen LogP contribution in [0.5, 0.6) is 0 Å². The van der Waals surface area contributed by atoms with Gasteiger partial charge in [0.25, 0.3) is 11.8 Å². The van der Waals surface area contributed by atoms with E-state index in [1.54, 1.807) is 24.3 Å². The summed E-state index contributed by atoms with van der Waals surface area (Å²) in [5, 5.41) is 6.21. The topological polar surface area (TPSA) is 84.0 Å². The maximum atomic E-state index is 13.2. The maximum absolute atomic E-state index is 13.2. The number of hydrogen-bond acceptors (Lipinski definition) is 4. The molecule has 0 saturated heterocycles. The van der Waals surface area contributed by atoms with Gasteiger partial charge < -0.3 is 10.6 Å². The van der Waals surface area contributed by atoms with Crippen molar-refractivity contribution in [3.63, 3.8) is 0 Å². The first-order valence-corrected chi connectivity index (χ1v) is 11.1. The molecule has 6 heteroatoms. The molecule has 0 fully saturated rings. The number of rotatable bonds is 7. The Hall–Kier alpha value is -4.32. The molecule has 2 atom stereocenters. The number of nitrogens with one attached hydrogen (secondary N) is 2.